The van der Waals surface area contributed by atoms with E-state index in [1.54, 1.807) is 0 Å². The van der Waals surface area contributed by atoms with E-state index in [1.165, 1.54) is 0 Å². The Labute approximate surface area is 182 Å². The molecule has 8 nitrogen and oxygen atoms in total. The van der Waals surface area contributed by atoms with Crippen LogP contribution in [-0.2, 0) is 9.53 Å². The maximum Gasteiger partial charge on any atom is 0.417 e. The molecule has 1 aromatic heterocycles. The summed E-state index contributed by atoms with van der Waals surface area (Å²) >= 11 is 0. The Balaban J connectivity index is 2.15. The summed E-state index contributed by atoms with van der Waals surface area (Å²) in [6, 6.07) is 3.44. The molecule has 33 heavy (non-hydrogen) atoms. The van der Waals surface area contributed by atoms with Crippen LogP contribution in [0.2, 0.25) is 0 Å². The van der Waals surface area contributed by atoms with Gasteiger partial charge in [-0.05, 0) is 25.1 Å². The molecule has 4 N–H and O–H groups in total. The average Bonchev–Trinajstić information content (AvgIpc) is 3.00. The van der Waals surface area contributed by atoms with Crippen LogP contribution < -0.4 is 11.1 Å². The Kier molecular flexibility index (Phi) is 5.96. The molecule has 0 radical (unpaired) electrons. The molecule has 0 spiro atoms. The zero-order valence-electron chi connectivity index (χ0n) is 17.1. The summed E-state index contributed by atoms with van der Waals surface area (Å²) in [5.41, 5.74) is 1.25. The lowest BCUT2D eigenvalue weighted by Gasteiger charge is -2.31. The second-order valence-electron chi connectivity index (χ2n) is 7.69. The summed E-state index contributed by atoms with van der Waals surface area (Å²) in [6.45, 7) is 1.78. The predicted octanol–water partition coefficient (Wildman–Crippen LogP) is 2.38. The summed E-state index contributed by atoms with van der Waals surface area (Å²) in [5, 5.41) is 19.4. The number of aromatic nitrogens is 1. The van der Waals surface area contributed by atoms with Crippen LogP contribution in [0.15, 0.2) is 35.5 Å². The second-order valence-corrected chi connectivity index (χ2v) is 7.69. The highest BCUT2D eigenvalue weighted by Crippen LogP contribution is 2.54. The number of phenols is 1. The van der Waals surface area contributed by atoms with E-state index >= 15 is 0 Å². The van der Waals surface area contributed by atoms with Crippen LogP contribution in [0.1, 0.15) is 35.8 Å². The third-order valence-corrected chi connectivity index (χ3v) is 5.78. The Morgan fingerprint density at radius 1 is 1.24 bits per heavy atom. The molecule has 0 aliphatic carbocycles. The summed E-state index contributed by atoms with van der Waals surface area (Å²) in [4.78, 5) is 27.9. The van der Waals surface area contributed by atoms with Crippen molar-refractivity contribution < 1.29 is 46.6 Å². The second kappa shape index (κ2) is 8.14. The number of pyridine rings is 1. The number of rotatable bonds is 3. The molecular weight excluding hydrogens is 457 g/mol. The number of amides is 2. The van der Waals surface area contributed by atoms with Gasteiger partial charge in [-0.3, -0.25) is 9.59 Å². The van der Waals surface area contributed by atoms with Crippen molar-refractivity contribution in [2.24, 2.45) is 16.6 Å². The van der Waals surface area contributed by atoms with E-state index in [4.69, 9.17) is 10.5 Å². The van der Waals surface area contributed by atoms with Crippen molar-refractivity contribution in [3.8, 4) is 5.75 Å². The van der Waals surface area contributed by atoms with Crippen LogP contribution >= 0.6 is 0 Å². The number of phenolic OH excluding ortho intramolecular Hbond substituents is 1. The van der Waals surface area contributed by atoms with Crippen molar-refractivity contribution in [3.63, 3.8) is 0 Å². The number of aromatic hydroxyl groups is 1. The van der Waals surface area contributed by atoms with Crippen molar-refractivity contribution in [1.82, 2.24) is 4.73 Å². The Morgan fingerprint density at radius 2 is 1.88 bits per heavy atom. The molecule has 1 saturated heterocycles. The van der Waals surface area contributed by atoms with Crippen molar-refractivity contribution in [2.45, 2.75) is 37.6 Å². The number of nitrogens with zero attached hydrogens (tertiary/aromatic N) is 2. The van der Waals surface area contributed by atoms with Gasteiger partial charge in [0.25, 0.3) is 11.8 Å². The number of carbonyl (C=O) groups is 2. The lowest BCUT2D eigenvalue weighted by molar-refractivity contribution is -0.272. The number of ether oxygens (including phenoxy) is 1. The number of hydrogen-bond donors (Lipinski definition) is 3. The number of carbonyl (C=O) groups excluding carboxylic acids is 2. The van der Waals surface area contributed by atoms with Crippen LogP contribution in [0.25, 0.3) is 0 Å². The fourth-order valence-electron chi connectivity index (χ4n) is 3.76. The van der Waals surface area contributed by atoms with Gasteiger partial charge in [-0.15, -0.1) is 0 Å². The highest BCUT2D eigenvalue weighted by atomic mass is 19.4. The van der Waals surface area contributed by atoms with Gasteiger partial charge in [0.05, 0.1) is 5.36 Å². The molecule has 1 aliphatic heterocycles. The van der Waals surface area contributed by atoms with Crippen LogP contribution in [0, 0.1) is 17.6 Å². The fraction of sp³-hybridized carbons (Fsp3) is 0.350. The van der Waals surface area contributed by atoms with Crippen LogP contribution in [0.4, 0.5) is 22.0 Å². The molecule has 0 unspecified atom stereocenters. The van der Waals surface area contributed by atoms with Crippen molar-refractivity contribution >= 4 is 11.8 Å². The van der Waals surface area contributed by atoms with Crippen molar-refractivity contribution in [3.05, 3.63) is 58.7 Å². The molecule has 2 heterocycles. The predicted molar refractivity (Wildman–Crippen MR) is 100.0 cm³/mol. The summed E-state index contributed by atoms with van der Waals surface area (Å²) in [5.74, 6) is -9.81. The van der Waals surface area contributed by atoms with Crippen LogP contribution in [0.3, 0.4) is 0 Å². The van der Waals surface area contributed by atoms with Gasteiger partial charge in [-0.25, -0.2) is 9.38 Å². The van der Waals surface area contributed by atoms with Gasteiger partial charge in [0, 0.05) is 23.6 Å². The first kappa shape index (κ1) is 24.2. The first-order valence-corrected chi connectivity index (χ1v) is 9.40. The summed E-state index contributed by atoms with van der Waals surface area (Å²) in [6.07, 6.45) is -6.01. The third-order valence-electron chi connectivity index (χ3n) is 5.78. The minimum absolute atomic E-state index is 0.246. The standard InChI is InChI=1S/C20H18F5N3O5/c1-8-13(10-3-4-11(21)14(22)15(10)29)16(33-19(8,2)20(23,24)25)18(31)27-9-5-6-28(32)12(7-9)17(26)30/h3-8,13,16,29,32H,1-2H3,(H2,26,30)/t8-,13+,16-,19+/m0/s1. The lowest BCUT2D eigenvalue weighted by atomic mass is 9.77. The fourth-order valence-corrected chi connectivity index (χ4v) is 3.76. The van der Waals surface area contributed by atoms with Gasteiger partial charge < -0.3 is 20.8 Å². The van der Waals surface area contributed by atoms with E-state index in [1.807, 2.05) is 0 Å². The quantitative estimate of drug-likeness (QED) is 0.464. The largest absolute Gasteiger partial charge is 0.505 e. The zero-order valence-corrected chi connectivity index (χ0v) is 17.1. The highest BCUT2D eigenvalue weighted by Gasteiger charge is 2.65. The number of nitrogens with two attached hydrogens (primary N) is 1. The number of alkyl halides is 3. The Hall–Kier alpha value is -3.48. The molecule has 13 heteroatoms. The molecule has 1 fully saturated rings. The van der Waals surface area contributed by atoms with Gasteiger partial charge in [0.15, 0.2) is 17.2 Å². The molecule has 2 amide bonds. The third kappa shape index (κ3) is 4.03. The van der Waals surface area contributed by atoms with E-state index in [0.29, 0.717) is 17.7 Å². The topological polar surface area (TPSA) is 127 Å². The van der Waals surface area contributed by atoms with E-state index in [-0.39, 0.29) is 5.36 Å². The van der Waals surface area contributed by atoms with Crippen LogP contribution in [-0.4, -0.2) is 44.7 Å². The minimum Gasteiger partial charge on any atom is -0.505 e. The van der Waals surface area contributed by atoms with E-state index in [0.717, 1.165) is 31.3 Å². The molecule has 0 saturated carbocycles. The minimum atomic E-state index is -4.97. The van der Waals surface area contributed by atoms with Crippen LogP contribution in [0.5, 0.6) is 5.75 Å². The monoisotopic (exact) mass is 475 g/mol. The normalized spacial score (nSPS) is 25.9. The number of primary amides is 1. The summed E-state index contributed by atoms with van der Waals surface area (Å²) < 4.78 is 74.4. The van der Waals surface area contributed by atoms with Gasteiger partial charge in [0.2, 0.25) is 5.82 Å². The smallest absolute Gasteiger partial charge is 0.417 e. The lowest BCUT2D eigenvalue weighted by Crippen LogP contribution is -2.47. The molecule has 2 aromatic rings. The molecule has 4 atom stereocenters. The maximum absolute atomic E-state index is 14.0. The van der Waals surface area contributed by atoms with Gasteiger partial charge in [-0.1, -0.05) is 13.0 Å². The van der Waals surface area contributed by atoms with Gasteiger partial charge >= 0.3 is 6.18 Å². The first-order chi connectivity index (χ1) is 15.2. The number of hydrogen-bond acceptors (Lipinski definition) is 5. The van der Waals surface area contributed by atoms with Gasteiger partial charge in [0.1, 0.15) is 11.8 Å². The molecule has 0 bridgehead atoms. The number of halogens is 5. The van der Waals surface area contributed by atoms with Gasteiger partial charge in [-0.2, -0.15) is 22.3 Å². The van der Waals surface area contributed by atoms with Crippen molar-refractivity contribution in [1.29, 1.82) is 0 Å². The molecule has 1 aromatic carbocycles. The average molecular weight is 475 g/mol. The molecular formula is C20H18F5N3O5. The van der Waals surface area contributed by atoms with E-state index < -0.39 is 70.2 Å². The van der Waals surface area contributed by atoms with E-state index in [2.05, 4.69) is 4.99 Å². The first-order valence-electron chi connectivity index (χ1n) is 9.40. The SMILES string of the molecule is C[C@H]1[C@H](c2ccc(F)c(F)c2O)[C@@H](C(=O)N=c2ccn(O)c(C(N)=O)c2)O[C@@]1(C)C(F)(F)F. The Bertz CT molecular complexity index is 1200. The zero-order chi connectivity index (χ0) is 24.9. The maximum atomic E-state index is 14.0. The molecule has 178 valence electrons. The summed E-state index contributed by atoms with van der Waals surface area (Å²) in [7, 11) is 0. The molecule has 1 aliphatic rings. The number of benzene rings is 1. The van der Waals surface area contributed by atoms with E-state index in [9.17, 15) is 41.9 Å². The molecule has 3 rings (SSSR count). The Morgan fingerprint density at radius 3 is 2.45 bits per heavy atom. The van der Waals surface area contributed by atoms with Crippen molar-refractivity contribution in [2.75, 3.05) is 0 Å². The highest BCUT2D eigenvalue weighted by molar-refractivity contribution is 5.91.